The van der Waals surface area contributed by atoms with Gasteiger partial charge in [-0.1, -0.05) is 31.5 Å². The molecule has 2 aromatic carbocycles. The summed E-state index contributed by atoms with van der Waals surface area (Å²) in [6, 6.07) is 12.9. The Balaban J connectivity index is 1.58. The van der Waals surface area contributed by atoms with Gasteiger partial charge in [0.2, 0.25) is 15.9 Å². The van der Waals surface area contributed by atoms with Crippen molar-refractivity contribution >= 4 is 21.8 Å². The first-order valence-electron chi connectivity index (χ1n) is 11.3. The van der Waals surface area contributed by atoms with E-state index in [1.54, 1.807) is 30.3 Å². The fourth-order valence-electron chi connectivity index (χ4n) is 3.66. The van der Waals surface area contributed by atoms with Gasteiger partial charge in [0.05, 0.1) is 24.5 Å². The summed E-state index contributed by atoms with van der Waals surface area (Å²) in [6.45, 7) is 3.01. The van der Waals surface area contributed by atoms with Crippen molar-refractivity contribution in [2.75, 3.05) is 26.8 Å². The van der Waals surface area contributed by atoms with Gasteiger partial charge in [0.25, 0.3) is 5.91 Å². The van der Waals surface area contributed by atoms with Gasteiger partial charge < -0.3 is 9.47 Å². The number of piperidine rings is 1. The lowest BCUT2D eigenvalue weighted by Crippen LogP contribution is -2.50. The van der Waals surface area contributed by atoms with Crippen LogP contribution in [-0.2, 0) is 14.8 Å². The van der Waals surface area contributed by atoms with E-state index in [9.17, 15) is 18.0 Å². The van der Waals surface area contributed by atoms with E-state index < -0.39 is 27.8 Å². The Morgan fingerprint density at radius 1 is 1.09 bits per heavy atom. The molecule has 9 nitrogen and oxygen atoms in total. The minimum atomic E-state index is -3.68. The van der Waals surface area contributed by atoms with Crippen molar-refractivity contribution < 1.29 is 27.5 Å². The number of sulfonamides is 1. The number of nitrogens with one attached hydrogen (secondary N) is 2. The second-order valence-electron chi connectivity index (χ2n) is 8.03. The Labute approximate surface area is 200 Å². The largest absolute Gasteiger partial charge is 0.493 e. The molecule has 10 heteroatoms. The van der Waals surface area contributed by atoms with Gasteiger partial charge >= 0.3 is 0 Å². The van der Waals surface area contributed by atoms with Gasteiger partial charge in [0.1, 0.15) is 0 Å². The maximum atomic E-state index is 12.9. The first-order chi connectivity index (χ1) is 16.4. The number of unbranched alkanes of at least 4 members (excludes halogenated alkanes) is 1. The first kappa shape index (κ1) is 25.5. The summed E-state index contributed by atoms with van der Waals surface area (Å²) in [6.07, 6.45) is 2.98. The van der Waals surface area contributed by atoms with E-state index >= 15 is 0 Å². The molecule has 1 aliphatic rings. The third-order valence-electron chi connectivity index (χ3n) is 5.62. The number of carbonyl (C=O) groups excluding carboxylic acids is 2. The van der Waals surface area contributed by atoms with Gasteiger partial charge in [-0.25, -0.2) is 8.42 Å². The number of rotatable bonds is 9. The molecule has 1 heterocycles. The number of carbonyl (C=O) groups is 2. The summed E-state index contributed by atoms with van der Waals surface area (Å²) >= 11 is 0. The van der Waals surface area contributed by atoms with E-state index in [0.717, 1.165) is 12.8 Å². The van der Waals surface area contributed by atoms with Crippen LogP contribution < -0.4 is 20.3 Å². The van der Waals surface area contributed by atoms with Crippen molar-refractivity contribution in [1.29, 1.82) is 0 Å². The molecule has 2 amide bonds. The van der Waals surface area contributed by atoms with Crippen LogP contribution in [0.4, 0.5) is 0 Å². The topological polar surface area (TPSA) is 114 Å². The molecule has 0 radical (unpaired) electrons. The van der Waals surface area contributed by atoms with Crippen LogP contribution in [0, 0.1) is 5.92 Å². The lowest BCUT2D eigenvalue weighted by Gasteiger charge is -2.31. The zero-order chi connectivity index (χ0) is 24.6. The molecule has 1 saturated heterocycles. The molecule has 1 fully saturated rings. The Kier molecular flexibility index (Phi) is 8.89. The van der Waals surface area contributed by atoms with Gasteiger partial charge in [-0.05, 0) is 49.6 Å². The molecule has 0 spiro atoms. The van der Waals surface area contributed by atoms with Crippen LogP contribution in [0.15, 0.2) is 53.4 Å². The normalized spacial score (nSPS) is 16.5. The maximum absolute atomic E-state index is 12.9. The van der Waals surface area contributed by atoms with Crippen LogP contribution in [0.1, 0.15) is 43.0 Å². The van der Waals surface area contributed by atoms with Gasteiger partial charge in [0, 0.05) is 18.7 Å². The van der Waals surface area contributed by atoms with Gasteiger partial charge in [-0.15, -0.1) is 0 Å². The average Bonchev–Trinajstić information content (AvgIpc) is 2.87. The predicted molar refractivity (Wildman–Crippen MR) is 127 cm³/mol. The van der Waals surface area contributed by atoms with Crippen LogP contribution in [0.3, 0.4) is 0 Å². The minimum absolute atomic E-state index is 0.0521. The number of methoxy groups -OCH3 is 1. The summed E-state index contributed by atoms with van der Waals surface area (Å²) in [4.78, 5) is 25.4. The van der Waals surface area contributed by atoms with E-state index in [2.05, 4.69) is 17.8 Å². The summed E-state index contributed by atoms with van der Waals surface area (Å²) in [5.74, 6) is -0.567. The van der Waals surface area contributed by atoms with Crippen molar-refractivity contribution in [3.63, 3.8) is 0 Å². The van der Waals surface area contributed by atoms with Crippen LogP contribution >= 0.6 is 0 Å². The summed E-state index contributed by atoms with van der Waals surface area (Å²) in [5.41, 5.74) is 5.11. The highest BCUT2D eigenvalue weighted by Gasteiger charge is 2.33. The molecule has 2 aromatic rings. The van der Waals surface area contributed by atoms with Gasteiger partial charge in [0.15, 0.2) is 11.5 Å². The van der Waals surface area contributed by atoms with E-state index in [1.807, 2.05) is 0 Å². The molecule has 0 saturated carbocycles. The zero-order valence-electron chi connectivity index (χ0n) is 19.5. The molecule has 1 unspecified atom stereocenters. The lowest BCUT2D eigenvalue weighted by atomic mass is 9.99. The molecule has 2 N–H and O–H groups in total. The second-order valence-corrected chi connectivity index (χ2v) is 9.96. The van der Waals surface area contributed by atoms with Crippen LogP contribution in [0.25, 0.3) is 0 Å². The molecule has 0 aliphatic carbocycles. The zero-order valence-corrected chi connectivity index (χ0v) is 20.3. The van der Waals surface area contributed by atoms with Crippen molar-refractivity contribution in [2.45, 2.75) is 37.5 Å². The molecule has 1 atom stereocenters. The number of hydrazine groups is 1. The third-order valence-corrected chi connectivity index (χ3v) is 7.50. The quantitative estimate of drug-likeness (QED) is 0.414. The SMILES string of the molecule is CCCCOc1ccc(C(=O)NNC(=O)C2CCCN(S(=O)(=O)c3ccccc3)C2)cc1OC. The van der Waals surface area contributed by atoms with E-state index in [4.69, 9.17) is 9.47 Å². The number of hydrogen-bond donors (Lipinski definition) is 2. The lowest BCUT2D eigenvalue weighted by molar-refractivity contribution is -0.126. The van der Waals surface area contributed by atoms with Crippen molar-refractivity contribution in [3.05, 3.63) is 54.1 Å². The summed E-state index contributed by atoms with van der Waals surface area (Å²) in [5, 5.41) is 0. The number of amides is 2. The Morgan fingerprint density at radius 2 is 1.85 bits per heavy atom. The fraction of sp³-hybridized carbons (Fsp3) is 0.417. The number of benzene rings is 2. The third kappa shape index (κ3) is 6.27. The smallest absolute Gasteiger partial charge is 0.269 e. The molecule has 184 valence electrons. The molecular formula is C24H31N3O6S. The van der Waals surface area contributed by atoms with E-state index in [0.29, 0.717) is 37.5 Å². The van der Waals surface area contributed by atoms with Crippen LogP contribution in [0.5, 0.6) is 11.5 Å². The Hall–Kier alpha value is -3.11. The number of hydrogen-bond acceptors (Lipinski definition) is 6. The molecule has 1 aliphatic heterocycles. The maximum Gasteiger partial charge on any atom is 0.269 e. The van der Waals surface area contributed by atoms with Crippen molar-refractivity contribution in [3.8, 4) is 11.5 Å². The summed E-state index contributed by atoms with van der Waals surface area (Å²) < 4.78 is 38.1. The van der Waals surface area contributed by atoms with Gasteiger partial charge in [-0.3, -0.25) is 20.4 Å². The summed E-state index contributed by atoms with van der Waals surface area (Å²) in [7, 11) is -2.19. The van der Waals surface area contributed by atoms with Crippen molar-refractivity contribution in [1.82, 2.24) is 15.2 Å². The number of ether oxygens (including phenoxy) is 2. The highest BCUT2D eigenvalue weighted by Crippen LogP contribution is 2.28. The standard InChI is InChI=1S/C24H31N3O6S/c1-3-4-15-33-21-13-12-18(16-22(21)32-2)23(28)25-26-24(29)19-9-8-14-27(17-19)34(30,31)20-10-6-5-7-11-20/h5-7,10-13,16,19H,3-4,8-9,14-15,17H2,1-2H3,(H,25,28)(H,26,29). The van der Waals surface area contributed by atoms with Crippen LogP contribution in [0.2, 0.25) is 0 Å². The highest BCUT2D eigenvalue weighted by atomic mass is 32.2. The monoisotopic (exact) mass is 489 g/mol. The van der Waals surface area contributed by atoms with E-state index in [1.165, 1.54) is 29.6 Å². The van der Waals surface area contributed by atoms with Gasteiger partial charge in [-0.2, -0.15) is 4.31 Å². The molecular weight excluding hydrogens is 458 g/mol. The van der Waals surface area contributed by atoms with Crippen molar-refractivity contribution in [2.24, 2.45) is 5.92 Å². The fourth-order valence-corrected chi connectivity index (χ4v) is 5.21. The highest BCUT2D eigenvalue weighted by molar-refractivity contribution is 7.89. The second kappa shape index (κ2) is 11.8. The molecule has 34 heavy (non-hydrogen) atoms. The Bertz CT molecular complexity index is 1090. The number of nitrogens with zero attached hydrogens (tertiary/aromatic N) is 1. The minimum Gasteiger partial charge on any atom is -0.493 e. The Morgan fingerprint density at radius 3 is 2.56 bits per heavy atom. The molecule has 0 aromatic heterocycles. The molecule has 0 bridgehead atoms. The molecule has 3 rings (SSSR count). The van der Waals surface area contributed by atoms with Crippen LogP contribution in [-0.4, -0.2) is 51.3 Å². The average molecular weight is 490 g/mol. The first-order valence-corrected chi connectivity index (χ1v) is 12.8. The predicted octanol–water partition coefficient (Wildman–Crippen LogP) is 2.74. The van der Waals surface area contributed by atoms with E-state index in [-0.39, 0.29) is 17.0 Å².